The number of guanidine groups is 1. The minimum atomic E-state index is 0.210. The second kappa shape index (κ2) is 10.8. The van der Waals surface area contributed by atoms with Crippen molar-refractivity contribution in [1.29, 1.82) is 0 Å². The first-order valence-corrected chi connectivity index (χ1v) is 10.7. The average molecular weight is 379 g/mol. The van der Waals surface area contributed by atoms with Crippen LogP contribution in [0.4, 0.5) is 0 Å². The Morgan fingerprint density at radius 3 is 2.88 bits per heavy atom. The lowest BCUT2D eigenvalue weighted by Crippen LogP contribution is -2.50. The van der Waals surface area contributed by atoms with Gasteiger partial charge in [0.05, 0.1) is 12.7 Å². The molecule has 1 aliphatic rings. The lowest BCUT2D eigenvalue weighted by Gasteiger charge is -2.34. The molecule has 1 aliphatic heterocycles. The van der Waals surface area contributed by atoms with Gasteiger partial charge in [0.2, 0.25) is 0 Å². The monoisotopic (exact) mass is 378 g/mol. The molecule has 0 saturated carbocycles. The summed E-state index contributed by atoms with van der Waals surface area (Å²) in [5.41, 5.74) is 2.59. The van der Waals surface area contributed by atoms with Gasteiger partial charge in [-0.3, -0.25) is 9.89 Å². The molecule has 6 heteroatoms. The van der Waals surface area contributed by atoms with Gasteiger partial charge in [0.1, 0.15) is 0 Å². The minimum absolute atomic E-state index is 0.210. The molecule has 0 spiro atoms. The highest BCUT2D eigenvalue weighted by atomic mass is 32.2. The number of morpholine rings is 1. The Morgan fingerprint density at radius 2 is 2.19 bits per heavy atom. The number of ether oxygens (including phenoxy) is 1. The number of rotatable bonds is 7. The van der Waals surface area contributed by atoms with E-state index < -0.39 is 0 Å². The topological polar surface area (TPSA) is 48.9 Å². The normalized spacial score (nSPS) is 19.0. The third kappa shape index (κ3) is 6.82. The van der Waals surface area contributed by atoms with Crippen LogP contribution in [-0.2, 0) is 11.3 Å². The van der Waals surface area contributed by atoms with E-state index in [1.807, 2.05) is 7.05 Å². The van der Waals surface area contributed by atoms with Gasteiger partial charge in [0.25, 0.3) is 0 Å². The van der Waals surface area contributed by atoms with Crippen molar-refractivity contribution in [1.82, 2.24) is 15.5 Å². The Kier molecular flexibility index (Phi) is 8.75. The van der Waals surface area contributed by atoms with Crippen molar-refractivity contribution in [2.45, 2.75) is 38.3 Å². The standard InChI is InChI=1S/C20H34N4OS/c1-15(2)13-24-8-9-25-18(14-24)12-23-20(21-4)22-11-17-7-6-16(3)10-19(17)26-5/h6-7,10,15,18H,8-9,11-14H2,1-5H3,(H2,21,22,23). The highest BCUT2D eigenvalue weighted by Gasteiger charge is 2.21. The summed E-state index contributed by atoms with van der Waals surface area (Å²) >= 11 is 1.78. The van der Waals surface area contributed by atoms with E-state index in [2.05, 4.69) is 65.8 Å². The van der Waals surface area contributed by atoms with Gasteiger partial charge >= 0.3 is 0 Å². The fraction of sp³-hybridized carbons (Fsp3) is 0.650. The van der Waals surface area contributed by atoms with Gasteiger partial charge in [0, 0.05) is 44.7 Å². The van der Waals surface area contributed by atoms with Crippen LogP contribution in [0.5, 0.6) is 0 Å². The van der Waals surface area contributed by atoms with Crippen molar-refractivity contribution in [2.75, 3.05) is 46.1 Å². The number of aryl methyl sites for hydroxylation is 1. The molecule has 1 aromatic carbocycles. The van der Waals surface area contributed by atoms with Crippen LogP contribution in [0.3, 0.4) is 0 Å². The smallest absolute Gasteiger partial charge is 0.191 e. The summed E-state index contributed by atoms with van der Waals surface area (Å²) in [4.78, 5) is 8.15. The summed E-state index contributed by atoms with van der Waals surface area (Å²) in [7, 11) is 1.81. The first-order chi connectivity index (χ1) is 12.5. The fourth-order valence-electron chi connectivity index (χ4n) is 3.19. The molecule has 2 rings (SSSR count). The van der Waals surface area contributed by atoms with Crippen LogP contribution >= 0.6 is 11.8 Å². The fourth-order valence-corrected chi connectivity index (χ4v) is 3.90. The SMILES string of the molecule is CN=C(NCc1ccc(C)cc1SC)NCC1CN(CC(C)C)CCO1. The van der Waals surface area contributed by atoms with Crippen molar-refractivity contribution in [3.05, 3.63) is 29.3 Å². The summed E-state index contributed by atoms with van der Waals surface area (Å²) in [6, 6.07) is 6.58. The second-order valence-electron chi connectivity index (χ2n) is 7.27. The number of hydrogen-bond donors (Lipinski definition) is 2. The lowest BCUT2D eigenvalue weighted by molar-refractivity contribution is -0.0284. The zero-order valence-electron chi connectivity index (χ0n) is 16.8. The summed E-state index contributed by atoms with van der Waals surface area (Å²) in [5, 5.41) is 6.83. The average Bonchev–Trinajstić information content (AvgIpc) is 2.62. The number of thioether (sulfide) groups is 1. The molecule has 0 radical (unpaired) electrons. The molecule has 0 bridgehead atoms. The third-order valence-corrected chi connectivity index (χ3v) is 5.28. The van der Waals surface area contributed by atoms with Crippen molar-refractivity contribution >= 4 is 17.7 Å². The first kappa shape index (κ1) is 21.1. The maximum Gasteiger partial charge on any atom is 0.191 e. The van der Waals surface area contributed by atoms with E-state index in [0.717, 1.165) is 45.3 Å². The van der Waals surface area contributed by atoms with E-state index in [0.29, 0.717) is 5.92 Å². The number of nitrogens with one attached hydrogen (secondary N) is 2. The molecule has 0 aromatic heterocycles. The predicted molar refractivity (Wildman–Crippen MR) is 112 cm³/mol. The maximum absolute atomic E-state index is 5.91. The summed E-state index contributed by atoms with van der Waals surface area (Å²) in [5.74, 6) is 1.51. The van der Waals surface area contributed by atoms with Crippen LogP contribution in [0, 0.1) is 12.8 Å². The summed E-state index contributed by atoms with van der Waals surface area (Å²) in [6.45, 7) is 12.2. The van der Waals surface area contributed by atoms with Gasteiger partial charge in [-0.15, -0.1) is 11.8 Å². The number of benzene rings is 1. The van der Waals surface area contributed by atoms with Crippen LogP contribution in [0.25, 0.3) is 0 Å². The van der Waals surface area contributed by atoms with E-state index in [1.54, 1.807) is 11.8 Å². The highest BCUT2D eigenvalue weighted by molar-refractivity contribution is 7.98. The van der Waals surface area contributed by atoms with Gasteiger partial charge < -0.3 is 15.4 Å². The maximum atomic E-state index is 5.91. The van der Waals surface area contributed by atoms with Gasteiger partial charge in [0.15, 0.2) is 5.96 Å². The van der Waals surface area contributed by atoms with Crippen LogP contribution < -0.4 is 10.6 Å². The molecule has 26 heavy (non-hydrogen) atoms. The Morgan fingerprint density at radius 1 is 1.38 bits per heavy atom. The Hall–Kier alpha value is -1.24. The van der Waals surface area contributed by atoms with E-state index in [4.69, 9.17) is 4.74 Å². The molecular weight excluding hydrogens is 344 g/mol. The number of hydrogen-bond acceptors (Lipinski definition) is 4. The van der Waals surface area contributed by atoms with Crippen molar-refractivity contribution in [2.24, 2.45) is 10.9 Å². The van der Waals surface area contributed by atoms with E-state index in [9.17, 15) is 0 Å². The van der Waals surface area contributed by atoms with Gasteiger partial charge in [-0.2, -0.15) is 0 Å². The van der Waals surface area contributed by atoms with Crippen molar-refractivity contribution < 1.29 is 4.74 Å². The number of nitrogens with zero attached hydrogens (tertiary/aromatic N) is 2. The third-order valence-electron chi connectivity index (χ3n) is 4.46. The quantitative estimate of drug-likeness (QED) is 0.434. The molecule has 1 atom stereocenters. The molecule has 146 valence electrons. The Bertz CT molecular complexity index is 591. The van der Waals surface area contributed by atoms with E-state index >= 15 is 0 Å². The van der Waals surface area contributed by atoms with Gasteiger partial charge in [-0.1, -0.05) is 26.0 Å². The zero-order chi connectivity index (χ0) is 18.9. The van der Waals surface area contributed by atoms with E-state index in [-0.39, 0.29) is 6.10 Å². The van der Waals surface area contributed by atoms with E-state index in [1.165, 1.54) is 16.0 Å². The van der Waals surface area contributed by atoms with Crippen LogP contribution in [-0.4, -0.2) is 63.1 Å². The largest absolute Gasteiger partial charge is 0.374 e. The molecule has 1 saturated heterocycles. The molecule has 1 unspecified atom stereocenters. The van der Waals surface area contributed by atoms with Gasteiger partial charge in [-0.25, -0.2) is 0 Å². The van der Waals surface area contributed by atoms with Crippen LogP contribution in [0.15, 0.2) is 28.1 Å². The van der Waals surface area contributed by atoms with Crippen molar-refractivity contribution in [3.8, 4) is 0 Å². The second-order valence-corrected chi connectivity index (χ2v) is 8.12. The minimum Gasteiger partial charge on any atom is -0.374 e. The van der Waals surface area contributed by atoms with Crippen LogP contribution in [0.1, 0.15) is 25.0 Å². The van der Waals surface area contributed by atoms with Gasteiger partial charge in [-0.05, 0) is 36.3 Å². The highest BCUT2D eigenvalue weighted by Crippen LogP contribution is 2.21. The summed E-state index contributed by atoms with van der Waals surface area (Å²) in [6.07, 6.45) is 2.33. The molecule has 5 nitrogen and oxygen atoms in total. The Labute approximate surface area is 163 Å². The molecule has 1 heterocycles. The predicted octanol–water partition coefficient (Wildman–Crippen LogP) is 2.74. The molecule has 0 aliphatic carbocycles. The van der Waals surface area contributed by atoms with Crippen LogP contribution in [0.2, 0.25) is 0 Å². The first-order valence-electron chi connectivity index (χ1n) is 9.43. The molecule has 0 amide bonds. The number of aliphatic imine (C=N–C) groups is 1. The molecule has 2 N–H and O–H groups in total. The zero-order valence-corrected chi connectivity index (χ0v) is 17.7. The lowest BCUT2D eigenvalue weighted by atomic mass is 10.1. The Balaban J connectivity index is 1.81. The van der Waals surface area contributed by atoms with Crippen molar-refractivity contribution in [3.63, 3.8) is 0 Å². The molecule has 1 fully saturated rings. The molecule has 1 aromatic rings. The summed E-state index contributed by atoms with van der Waals surface area (Å²) < 4.78 is 5.91. The molecular formula is C20H34N4OS.